The van der Waals surface area contributed by atoms with Gasteiger partial charge in [0.2, 0.25) is 0 Å². The Morgan fingerprint density at radius 2 is 0.578 bits per heavy atom. The van der Waals surface area contributed by atoms with Crippen molar-refractivity contribution in [2.45, 2.75) is 0 Å². The minimum atomic E-state index is 0.0613. The summed E-state index contributed by atoms with van der Waals surface area (Å²) < 4.78 is 4.36. The Morgan fingerprint density at radius 1 is 0.281 bits per heavy atom. The van der Waals surface area contributed by atoms with Crippen molar-refractivity contribution in [2.75, 3.05) is 0 Å². The van der Waals surface area contributed by atoms with E-state index in [0.29, 0.717) is 21.5 Å². The molecule has 2 aromatic heterocycles. The van der Waals surface area contributed by atoms with Crippen LogP contribution in [0.4, 0.5) is 0 Å². The van der Waals surface area contributed by atoms with Crippen LogP contribution < -0.4 is 10.9 Å². The number of pyridine rings is 2. The molecule has 300 valence electrons. The van der Waals surface area contributed by atoms with Crippen LogP contribution >= 0.6 is 0 Å². The number of fused-ring (bicyclic) bond motifs is 6. The van der Waals surface area contributed by atoms with Crippen LogP contribution in [0.5, 0.6) is 0 Å². The van der Waals surface area contributed by atoms with Crippen molar-refractivity contribution in [2.24, 2.45) is 0 Å². The molecule has 0 radical (unpaired) electrons. The van der Waals surface area contributed by atoms with E-state index in [0.717, 1.165) is 66.8 Å². The van der Waals surface area contributed by atoms with Crippen molar-refractivity contribution in [3.05, 3.63) is 250 Å². The van der Waals surface area contributed by atoms with Gasteiger partial charge in [-0.25, -0.2) is 0 Å². The van der Waals surface area contributed by atoms with Gasteiger partial charge < -0.3 is 9.13 Å². The van der Waals surface area contributed by atoms with E-state index in [1.54, 1.807) is 0 Å². The molecule has 2 heterocycles. The standard InChI is InChI=1S/C60H38N2O2/c63-59-51-9-1-5-13-55(51)61(56-14-6-2-10-52(56)59)49-31-27-41(28-32-49)45-25-23-43-35-39(19-21-47(43)37-45)17-18-40-20-22-48-38-46(26-24-44(48)36-40)42-29-33-50(34-30-42)62-57-15-7-3-11-53(57)60(64)54-12-4-8-16-58(54)62/h1-38H/b18-17+. The molecular weight excluding hydrogens is 781 g/mol. The van der Waals surface area contributed by atoms with Gasteiger partial charge in [-0.15, -0.1) is 0 Å². The lowest BCUT2D eigenvalue weighted by Crippen LogP contribution is -2.10. The van der Waals surface area contributed by atoms with E-state index in [2.05, 4.69) is 143 Å². The van der Waals surface area contributed by atoms with Crippen LogP contribution in [0.1, 0.15) is 11.1 Å². The lowest BCUT2D eigenvalue weighted by atomic mass is 9.98. The molecule has 0 atom stereocenters. The molecule has 0 aliphatic rings. The minimum Gasteiger partial charge on any atom is -0.309 e. The highest BCUT2D eigenvalue weighted by molar-refractivity contribution is 5.97. The molecule has 0 unspecified atom stereocenters. The van der Waals surface area contributed by atoms with Crippen molar-refractivity contribution in [3.63, 3.8) is 0 Å². The second kappa shape index (κ2) is 15.1. The first kappa shape index (κ1) is 37.2. The summed E-state index contributed by atoms with van der Waals surface area (Å²) in [5.74, 6) is 0. The molecule has 10 aromatic carbocycles. The van der Waals surface area contributed by atoms with Gasteiger partial charge in [0, 0.05) is 32.9 Å². The predicted molar refractivity (Wildman–Crippen MR) is 269 cm³/mol. The summed E-state index contributed by atoms with van der Waals surface area (Å²) in [4.78, 5) is 26.6. The Morgan fingerprint density at radius 3 is 0.938 bits per heavy atom. The fourth-order valence-electron chi connectivity index (χ4n) is 9.44. The lowest BCUT2D eigenvalue weighted by Gasteiger charge is -2.16. The minimum absolute atomic E-state index is 0.0613. The van der Waals surface area contributed by atoms with Crippen LogP contribution in [0.25, 0.3) is 111 Å². The number of para-hydroxylation sites is 4. The molecule has 0 saturated carbocycles. The summed E-state index contributed by atoms with van der Waals surface area (Å²) in [6.45, 7) is 0. The molecule has 0 aliphatic carbocycles. The van der Waals surface area contributed by atoms with E-state index >= 15 is 0 Å². The average Bonchev–Trinajstić information content (AvgIpc) is 3.36. The normalized spacial score (nSPS) is 11.8. The van der Waals surface area contributed by atoms with Crippen LogP contribution in [0.15, 0.2) is 228 Å². The Hall–Kier alpha value is -8.60. The molecule has 0 amide bonds. The molecule has 0 aliphatic heterocycles. The largest absolute Gasteiger partial charge is 0.309 e. The first-order valence-electron chi connectivity index (χ1n) is 21.6. The van der Waals surface area contributed by atoms with E-state index in [4.69, 9.17) is 0 Å². The fraction of sp³-hybridized carbons (Fsp3) is 0. The Bertz CT molecular complexity index is 3610. The van der Waals surface area contributed by atoms with Gasteiger partial charge in [0.15, 0.2) is 10.9 Å². The zero-order chi connectivity index (χ0) is 42.7. The summed E-state index contributed by atoms with van der Waals surface area (Å²) in [6, 6.07) is 75.1. The van der Waals surface area contributed by atoms with E-state index in [1.165, 1.54) is 21.5 Å². The van der Waals surface area contributed by atoms with Crippen LogP contribution in [0.2, 0.25) is 0 Å². The lowest BCUT2D eigenvalue weighted by molar-refractivity contribution is 1.16. The van der Waals surface area contributed by atoms with E-state index in [9.17, 15) is 9.59 Å². The third kappa shape index (κ3) is 6.31. The first-order valence-corrected chi connectivity index (χ1v) is 21.6. The van der Waals surface area contributed by atoms with Gasteiger partial charge in [0.05, 0.1) is 22.1 Å². The molecule has 0 bridgehead atoms. The fourth-order valence-corrected chi connectivity index (χ4v) is 9.44. The van der Waals surface area contributed by atoms with Gasteiger partial charge in [-0.05, 0) is 152 Å². The number of aromatic nitrogens is 2. The number of rotatable bonds is 6. The van der Waals surface area contributed by atoms with Crippen LogP contribution in [-0.2, 0) is 0 Å². The predicted octanol–water partition coefficient (Wildman–Crippen LogP) is 14.4. The molecule has 12 rings (SSSR count). The first-order chi connectivity index (χ1) is 31.5. The highest BCUT2D eigenvalue weighted by Gasteiger charge is 2.14. The van der Waals surface area contributed by atoms with Gasteiger partial charge in [-0.1, -0.05) is 133 Å². The van der Waals surface area contributed by atoms with Crippen LogP contribution in [-0.4, -0.2) is 9.13 Å². The smallest absolute Gasteiger partial charge is 0.197 e. The topological polar surface area (TPSA) is 44.0 Å². The summed E-state index contributed by atoms with van der Waals surface area (Å²) in [5, 5.41) is 7.62. The molecule has 64 heavy (non-hydrogen) atoms. The van der Waals surface area contributed by atoms with Gasteiger partial charge in [-0.2, -0.15) is 0 Å². The molecule has 0 N–H and O–H groups in total. The quantitative estimate of drug-likeness (QED) is 0.124. The summed E-state index contributed by atoms with van der Waals surface area (Å²) in [7, 11) is 0. The van der Waals surface area contributed by atoms with Crippen molar-refractivity contribution in [1.82, 2.24) is 9.13 Å². The van der Waals surface area contributed by atoms with Crippen LogP contribution in [0.3, 0.4) is 0 Å². The molecular formula is C60H38N2O2. The number of hydrogen-bond donors (Lipinski definition) is 0. The van der Waals surface area contributed by atoms with E-state index < -0.39 is 0 Å². The summed E-state index contributed by atoms with van der Waals surface area (Å²) in [6.07, 6.45) is 4.37. The SMILES string of the molecule is O=c1c2ccccc2n(-c2ccc(-c3ccc4cc(/C=C/c5ccc6cc(-c7ccc(-n8c9ccccc9c(=O)c9ccccc98)cc7)ccc6c5)ccc4c3)cc2)c2ccccc12. The van der Waals surface area contributed by atoms with Gasteiger partial charge in [0.25, 0.3) is 0 Å². The highest BCUT2D eigenvalue weighted by Crippen LogP contribution is 2.32. The monoisotopic (exact) mass is 818 g/mol. The van der Waals surface area contributed by atoms with Crippen molar-refractivity contribution in [1.29, 1.82) is 0 Å². The van der Waals surface area contributed by atoms with Gasteiger partial charge in [0.1, 0.15) is 0 Å². The Labute approximate surface area is 368 Å². The molecule has 0 spiro atoms. The molecule has 4 heteroatoms. The maximum Gasteiger partial charge on any atom is 0.197 e. The second-order valence-electron chi connectivity index (χ2n) is 16.5. The third-order valence-corrected chi connectivity index (χ3v) is 12.7. The number of hydrogen-bond acceptors (Lipinski definition) is 2. The molecule has 0 saturated heterocycles. The second-order valence-corrected chi connectivity index (χ2v) is 16.5. The van der Waals surface area contributed by atoms with Crippen molar-refractivity contribution in [3.8, 4) is 33.6 Å². The van der Waals surface area contributed by atoms with Gasteiger partial charge in [-0.3, -0.25) is 9.59 Å². The van der Waals surface area contributed by atoms with Crippen molar-refractivity contribution >= 4 is 77.3 Å². The Kier molecular flexibility index (Phi) is 8.77. The van der Waals surface area contributed by atoms with E-state index in [1.807, 2.05) is 97.1 Å². The number of benzene rings is 10. The van der Waals surface area contributed by atoms with Crippen molar-refractivity contribution < 1.29 is 0 Å². The number of nitrogens with zero attached hydrogens (tertiary/aromatic N) is 2. The zero-order valence-electron chi connectivity index (χ0n) is 34.7. The summed E-state index contributed by atoms with van der Waals surface area (Å²) >= 11 is 0. The van der Waals surface area contributed by atoms with E-state index in [-0.39, 0.29) is 10.9 Å². The highest BCUT2D eigenvalue weighted by atomic mass is 16.1. The average molecular weight is 819 g/mol. The molecule has 0 fully saturated rings. The van der Waals surface area contributed by atoms with Crippen LogP contribution in [0, 0.1) is 0 Å². The van der Waals surface area contributed by atoms with Gasteiger partial charge >= 0.3 is 0 Å². The Balaban J connectivity index is 0.775. The maximum atomic E-state index is 13.3. The summed E-state index contributed by atoms with van der Waals surface area (Å²) in [5.41, 5.74) is 12.6. The maximum absolute atomic E-state index is 13.3. The molecule has 4 nitrogen and oxygen atoms in total. The zero-order valence-corrected chi connectivity index (χ0v) is 34.7. The molecule has 12 aromatic rings. The third-order valence-electron chi connectivity index (χ3n) is 12.7.